The normalized spacial score (nSPS) is 37.1. The van der Waals surface area contributed by atoms with Gasteiger partial charge in [-0.3, -0.25) is 4.18 Å². The number of hydrogen-bond donors (Lipinski definition) is 0. The van der Waals surface area contributed by atoms with Gasteiger partial charge in [-0.15, -0.1) is 0 Å². The summed E-state index contributed by atoms with van der Waals surface area (Å²) in [6.07, 6.45) is 13.9. The van der Waals surface area contributed by atoms with E-state index >= 15 is 0 Å². The van der Waals surface area contributed by atoms with E-state index in [0.717, 1.165) is 36.7 Å². The Balaban J connectivity index is 1.40. The van der Waals surface area contributed by atoms with Crippen LogP contribution in [0.1, 0.15) is 125 Å². The van der Waals surface area contributed by atoms with Gasteiger partial charge < -0.3 is 0 Å². The van der Waals surface area contributed by atoms with Crippen LogP contribution in [0.5, 0.6) is 0 Å². The Morgan fingerprint density at radius 1 is 0.951 bits per heavy atom. The van der Waals surface area contributed by atoms with Gasteiger partial charge in [-0.25, -0.2) is 0 Å². The van der Waals surface area contributed by atoms with Gasteiger partial charge in [0.15, 0.2) is 0 Å². The molecule has 4 aliphatic carbocycles. The predicted octanol–water partition coefficient (Wildman–Crippen LogP) is 10.2. The third kappa shape index (κ3) is 5.01. The van der Waals surface area contributed by atoms with Gasteiger partial charge in [0.25, 0.3) is 10.1 Å². The summed E-state index contributed by atoms with van der Waals surface area (Å²) >= 11 is 0. The van der Waals surface area contributed by atoms with Gasteiger partial charge in [0.05, 0.1) is 11.0 Å². The summed E-state index contributed by atoms with van der Waals surface area (Å²) in [7, 11) is -3.80. The Kier molecular flexibility index (Phi) is 8.07. The first-order valence-corrected chi connectivity index (χ1v) is 17.8. The first kappa shape index (κ1) is 31.0. The molecule has 5 rings (SSSR count). The Labute approximate surface area is 251 Å². The molecular formula is C37H56O3S. The van der Waals surface area contributed by atoms with Gasteiger partial charge in [-0.2, -0.15) is 8.42 Å². The molecule has 0 aromatic heterocycles. The average Bonchev–Trinajstić information content (AvgIpc) is 3.17. The van der Waals surface area contributed by atoms with Crippen molar-refractivity contribution < 1.29 is 12.6 Å². The van der Waals surface area contributed by atoms with E-state index in [0.29, 0.717) is 11.3 Å². The van der Waals surface area contributed by atoms with Crippen molar-refractivity contribution in [2.45, 2.75) is 138 Å². The fourth-order valence-electron chi connectivity index (χ4n) is 10.5. The molecule has 4 aliphatic rings. The van der Waals surface area contributed by atoms with Crippen molar-refractivity contribution >= 4 is 10.1 Å². The fourth-order valence-corrected chi connectivity index (χ4v) is 11.8. The van der Waals surface area contributed by atoms with Crippen LogP contribution in [0.2, 0.25) is 0 Å². The molecule has 1 aromatic rings. The zero-order valence-corrected chi connectivity index (χ0v) is 28.2. The quantitative estimate of drug-likeness (QED) is 0.238. The van der Waals surface area contributed by atoms with E-state index in [4.69, 9.17) is 4.18 Å². The number of fused-ring (bicyclic) bond motifs is 4. The second-order valence-electron chi connectivity index (χ2n) is 15.9. The minimum atomic E-state index is -3.80. The number of aryl methyl sites for hydroxylation is 1. The van der Waals surface area contributed by atoms with Crippen LogP contribution in [-0.4, -0.2) is 14.5 Å². The van der Waals surface area contributed by atoms with Crippen molar-refractivity contribution in [1.82, 2.24) is 0 Å². The van der Waals surface area contributed by atoms with Crippen LogP contribution in [0.3, 0.4) is 0 Å². The molecule has 1 unspecified atom stereocenters. The van der Waals surface area contributed by atoms with Crippen molar-refractivity contribution in [3.63, 3.8) is 0 Å². The van der Waals surface area contributed by atoms with E-state index in [-0.39, 0.29) is 27.2 Å². The number of allylic oxidation sites excluding steroid dienone is 4. The SMILES string of the molecule is CC(C)=CCC[C@@H](C)[C@H]1CC[C@@]2(C)C3=C(CC[C@]12C)[C@@]1(C)CCC(OS(=O)(=O)c2ccc(C)cc2)C(C)(C)[C@@H]1CC3. The summed E-state index contributed by atoms with van der Waals surface area (Å²) < 4.78 is 32.7. The Morgan fingerprint density at radius 2 is 1.63 bits per heavy atom. The maximum absolute atomic E-state index is 13.3. The van der Waals surface area contributed by atoms with E-state index in [2.05, 4.69) is 61.5 Å². The molecule has 41 heavy (non-hydrogen) atoms. The van der Waals surface area contributed by atoms with Crippen LogP contribution >= 0.6 is 0 Å². The van der Waals surface area contributed by atoms with E-state index in [1.54, 1.807) is 23.3 Å². The van der Waals surface area contributed by atoms with E-state index in [9.17, 15) is 8.42 Å². The molecular weight excluding hydrogens is 524 g/mol. The summed E-state index contributed by atoms with van der Waals surface area (Å²) in [5.74, 6) is 1.98. The Bertz CT molecular complexity index is 1310. The number of rotatable bonds is 7. The lowest BCUT2D eigenvalue weighted by Gasteiger charge is -2.62. The fraction of sp³-hybridized carbons (Fsp3) is 0.730. The minimum Gasteiger partial charge on any atom is -0.262 e. The average molecular weight is 581 g/mol. The first-order valence-electron chi connectivity index (χ1n) is 16.4. The van der Waals surface area contributed by atoms with Crippen molar-refractivity contribution in [2.75, 3.05) is 0 Å². The summed E-state index contributed by atoms with van der Waals surface area (Å²) in [5, 5.41) is 0. The highest BCUT2D eigenvalue weighted by Crippen LogP contribution is 2.72. The highest BCUT2D eigenvalue weighted by atomic mass is 32.2. The van der Waals surface area contributed by atoms with Crippen LogP contribution in [0.15, 0.2) is 52.0 Å². The van der Waals surface area contributed by atoms with Crippen molar-refractivity contribution in [3.05, 3.63) is 52.6 Å². The summed E-state index contributed by atoms with van der Waals surface area (Å²) in [5.41, 5.74) is 6.60. The molecule has 2 fully saturated rings. The lowest BCUT2D eigenvalue weighted by atomic mass is 9.43. The molecule has 228 valence electrons. The third-order valence-electron chi connectivity index (χ3n) is 13.2. The highest BCUT2D eigenvalue weighted by molar-refractivity contribution is 7.86. The molecule has 4 heteroatoms. The molecule has 2 saturated carbocycles. The summed E-state index contributed by atoms with van der Waals surface area (Å²) in [6, 6.07) is 7.06. The van der Waals surface area contributed by atoms with Crippen LogP contribution in [0.4, 0.5) is 0 Å². The largest absolute Gasteiger partial charge is 0.297 e. The molecule has 0 saturated heterocycles. The number of hydrogen-bond acceptors (Lipinski definition) is 3. The molecule has 0 N–H and O–H groups in total. The molecule has 1 aromatic carbocycles. The van der Waals surface area contributed by atoms with Gasteiger partial charge in [0, 0.05) is 0 Å². The van der Waals surface area contributed by atoms with E-state index in [1.807, 2.05) is 19.1 Å². The van der Waals surface area contributed by atoms with Gasteiger partial charge in [0.2, 0.25) is 0 Å². The predicted molar refractivity (Wildman–Crippen MR) is 170 cm³/mol. The van der Waals surface area contributed by atoms with Crippen LogP contribution in [-0.2, 0) is 14.3 Å². The Hall–Kier alpha value is -1.39. The van der Waals surface area contributed by atoms with Crippen molar-refractivity contribution in [2.24, 2.45) is 39.4 Å². The first-order chi connectivity index (χ1) is 19.1. The van der Waals surface area contributed by atoms with E-state index in [1.165, 1.54) is 50.5 Å². The van der Waals surface area contributed by atoms with Crippen LogP contribution in [0, 0.1) is 46.3 Å². The van der Waals surface area contributed by atoms with Crippen LogP contribution < -0.4 is 0 Å². The van der Waals surface area contributed by atoms with Gasteiger partial charge in [-0.1, -0.05) is 82.0 Å². The molecule has 0 heterocycles. The molecule has 0 aliphatic heterocycles. The Morgan fingerprint density at radius 3 is 2.29 bits per heavy atom. The van der Waals surface area contributed by atoms with E-state index < -0.39 is 10.1 Å². The van der Waals surface area contributed by atoms with Crippen LogP contribution in [0.25, 0.3) is 0 Å². The smallest absolute Gasteiger partial charge is 0.262 e. The summed E-state index contributed by atoms with van der Waals surface area (Å²) in [6.45, 7) is 21.3. The molecule has 0 spiro atoms. The molecule has 0 amide bonds. The molecule has 0 radical (unpaired) electrons. The minimum absolute atomic E-state index is 0.127. The maximum Gasteiger partial charge on any atom is 0.297 e. The lowest BCUT2D eigenvalue weighted by molar-refractivity contribution is -0.0833. The second kappa shape index (κ2) is 10.7. The monoisotopic (exact) mass is 580 g/mol. The zero-order chi connectivity index (χ0) is 30.0. The third-order valence-corrected chi connectivity index (χ3v) is 14.5. The highest BCUT2D eigenvalue weighted by Gasteiger charge is 2.63. The number of benzene rings is 1. The summed E-state index contributed by atoms with van der Waals surface area (Å²) in [4.78, 5) is 0.270. The topological polar surface area (TPSA) is 43.4 Å². The van der Waals surface area contributed by atoms with Gasteiger partial charge in [-0.05, 0) is 137 Å². The molecule has 0 bridgehead atoms. The maximum atomic E-state index is 13.3. The second-order valence-corrected chi connectivity index (χ2v) is 17.5. The standard InChI is InChI=1S/C37H56O3S/c1-25(2)11-10-12-27(4)29-19-23-37(9)31-17-18-32-34(5,6)33(40-41(38,39)28-15-13-26(3)14-16-28)21-22-35(32,7)30(31)20-24-36(29,37)8/h11,13-16,27,29,32-33H,10,12,17-24H2,1-9H3/t27-,29-,32+,33?,35-,36-,37+/m1/s1. The van der Waals surface area contributed by atoms with Crippen molar-refractivity contribution in [1.29, 1.82) is 0 Å². The van der Waals surface area contributed by atoms with Gasteiger partial charge in [0.1, 0.15) is 0 Å². The lowest BCUT2D eigenvalue weighted by Crippen LogP contribution is -2.55. The molecule has 3 nitrogen and oxygen atoms in total. The van der Waals surface area contributed by atoms with Crippen molar-refractivity contribution in [3.8, 4) is 0 Å². The van der Waals surface area contributed by atoms with Gasteiger partial charge >= 0.3 is 0 Å². The molecule has 7 atom stereocenters. The zero-order valence-electron chi connectivity index (χ0n) is 27.4.